The average Bonchev–Trinajstić information content (AvgIpc) is 2.36. The number of nitrogens with two attached hydrogens (primary N) is 1. The molecule has 0 saturated heterocycles. The lowest BCUT2D eigenvalue weighted by Gasteiger charge is -2.21. The van der Waals surface area contributed by atoms with Crippen LogP contribution in [-0.4, -0.2) is 37.0 Å². The molecule has 0 heterocycles. The van der Waals surface area contributed by atoms with Crippen molar-refractivity contribution < 1.29 is 13.9 Å². The topological polar surface area (TPSA) is 55.6 Å². The van der Waals surface area contributed by atoms with E-state index in [1.165, 1.54) is 12.1 Å². The second-order valence-corrected chi connectivity index (χ2v) is 4.69. The van der Waals surface area contributed by atoms with E-state index in [-0.39, 0.29) is 24.3 Å². The Hall–Kier alpha value is -1.62. The number of hydrogen-bond acceptors (Lipinski definition) is 3. The molecule has 0 saturated carbocycles. The van der Waals surface area contributed by atoms with Gasteiger partial charge in [0.2, 0.25) is 0 Å². The van der Waals surface area contributed by atoms with Gasteiger partial charge < -0.3 is 15.4 Å². The lowest BCUT2D eigenvalue weighted by molar-refractivity contribution is -0.133. The molecule has 5 heteroatoms. The summed E-state index contributed by atoms with van der Waals surface area (Å²) in [5, 5.41) is 0. The highest BCUT2D eigenvalue weighted by Crippen LogP contribution is 2.18. The van der Waals surface area contributed by atoms with Crippen molar-refractivity contribution in [3.05, 3.63) is 29.6 Å². The summed E-state index contributed by atoms with van der Waals surface area (Å²) in [6.07, 6.45) is 0.617. The largest absolute Gasteiger partial charge is 0.481 e. The number of benzene rings is 1. The van der Waals surface area contributed by atoms with Crippen LogP contribution in [0.3, 0.4) is 0 Å². The summed E-state index contributed by atoms with van der Waals surface area (Å²) in [5.74, 6) is -0.558. The zero-order chi connectivity index (χ0) is 14.4. The Bertz CT molecular complexity index is 435. The molecular weight excluding hydrogens is 247 g/mol. The van der Waals surface area contributed by atoms with Crippen LogP contribution < -0.4 is 10.5 Å². The highest BCUT2D eigenvalue weighted by molar-refractivity contribution is 5.77. The van der Waals surface area contributed by atoms with Gasteiger partial charge in [0.15, 0.2) is 18.2 Å². The maximum atomic E-state index is 13.7. The molecule has 0 spiro atoms. The summed E-state index contributed by atoms with van der Waals surface area (Å²) in [4.78, 5) is 13.3. The van der Waals surface area contributed by atoms with E-state index in [0.717, 1.165) is 5.56 Å². The van der Waals surface area contributed by atoms with Crippen molar-refractivity contribution in [3.8, 4) is 5.75 Å². The van der Waals surface area contributed by atoms with Crippen molar-refractivity contribution in [2.45, 2.75) is 26.3 Å². The minimum atomic E-state index is -0.467. The van der Waals surface area contributed by atoms with Gasteiger partial charge in [-0.1, -0.05) is 6.07 Å². The number of hydrogen-bond donors (Lipinski definition) is 1. The highest BCUT2D eigenvalue weighted by Gasteiger charge is 2.13. The Morgan fingerprint density at radius 3 is 2.68 bits per heavy atom. The van der Waals surface area contributed by atoms with Crippen LogP contribution in [0.15, 0.2) is 18.2 Å². The summed E-state index contributed by atoms with van der Waals surface area (Å²) < 4.78 is 18.9. The van der Waals surface area contributed by atoms with Crippen LogP contribution >= 0.6 is 0 Å². The molecule has 4 nitrogen and oxygen atoms in total. The fourth-order valence-corrected chi connectivity index (χ4v) is 1.51. The van der Waals surface area contributed by atoms with Gasteiger partial charge in [-0.15, -0.1) is 0 Å². The van der Waals surface area contributed by atoms with Gasteiger partial charge in [0.1, 0.15) is 0 Å². The van der Waals surface area contributed by atoms with Crippen LogP contribution in [0.2, 0.25) is 0 Å². The van der Waals surface area contributed by atoms with E-state index in [1.807, 2.05) is 13.8 Å². The van der Waals surface area contributed by atoms with Gasteiger partial charge in [0.25, 0.3) is 5.91 Å². The van der Waals surface area contributed by atoms with Crippen molar-refractivity contribution in [1.29, 1.82) is 0 Å². The number of ether oxygens (including phenoxy) is 1. The van der Waals surface area contributed by atoms with Crippen molar-refractivity contribution in [3.63, 3.8) is 0 Å². The van der Waals surface area contributed by atoms with E-state index in [2.05, 4.69) is 0 Å². The SMILES string of the molecule is CC(C)N(C)C(=O)COc1ccc(CCN)cc1F. The van der Waals surface area contributed by atoms with Gasteiger partial charge in [0.05, 0.1) is 0 Å². The fourth-order valence-electron chi connectivity index (χ4n) is 1.51. The number of rotatable bonds is 6. The first-order valence-electron chi connectivity index (χ1n) is 6.32. The molecule has 1 aromatic carbocycles. The zero-order valence-electron chi connectivity index (χ0n) is 11.6. The van der Waals surface area contributed by atoms with Crippen LogP contribution in [-0.2, 0) is 11.2 Å². The van der Waals surface area contributed by atoms with Gasteiger partial charge in [-0.3, -0.25) is 4.79 Å². The molecule has 0 fully saturated rings. The third kappa shape index (κ3) is 4.52. The van der Waals surface area contributed by atoms with E-state index in [1.54, 1.807) is 18.0 Å². The molecule has 1 rings (SSSR count). The zero-order valence-corrected chi connectivity index (χ0v) is 11.6. The Labute approximate surface area is 113 Å². The maximum Gasteiger partial charge on any atom is 0.260 e. The molecule has 0 unspecified atom stereocenters. The minimum Gasteiger partial charge on any atom is -0.481 e. The van der Waals surface area contributed by atoms with E-state index >= 15 is 0 Å². The number of carbonyl (C=O) groups excluding carboxylic acids is 1. The summed E-state index contributed by atoms with van der Waals surface area (Å²) in [6.45, 7) is 4.11. The van der Waals surface area contributed by atoms with Crippen molar-refractivity contribution >= 4 is 5.91 Å². The van der Waals surface area contributed by atoms with Crippen LogP contribution in [0.1, 0.15) is 19.4 Å². The molecule has 2 N–H and O–H groups in total. The van der Waals surface area contributed by atoms with Gasteiger partial charge in [-0.2, -0.15) is 0 Å². The first-order chi connectivity index (χ1) is 8.95. The summed E-state index contributed by atoms with van der Waals surface area (Å²) >= 11 is 0. The first kappa shape index (κ1) is 15.4. The number of nitrogens with zero attached hydrogens (tertiary/aromatic N) is 1. The third-order valence-electron chi connectivity index (χ3n) is 2.95. The van der Waals surface area contributed by atoms with Crippen LogP contribution in [0.25, 0.3) is 0 Å². The Kier molecular flexibility index (Phi) is 5.76. The number of carbonyl (C=O) groups is 1. The van der Waals surface area contributed by atoms with E-state index < -0.39 is 5.82 Å². The predicted octanol–water partition coefficient (Wildman–Crippen LogP) is 1.57. The minimum absolute atomic E-state index is 0.0891. The summed E-state index contributed by atoms with van der Waals surface area (Å²) in [7, 11) is 1.69. The lowest BCUT2D eigenvalue weighted by atomic mass is 10.1. The molecule has 0 aliphatic heterocycles. The second kappa shape index (κ2) is 7.09. The summed E-state index contributed by atoms with van der Waals surface area (Å²) in [6, 6.07) is 4.76. The van der Waals surface area contributed by atoms with E-state index in [9.17, 15) is 9.18 Å². The summed E-state index contributed by atoms with van der Waals surface area (Å²) in [5.41, 5.74) is 6.22. The molecular formula is C14H21FN2O2. The predicted molar refractivity (Wildman–Crippen MR) is 72.6 cm³/mol. The quantitative estimate of drug-likeness (QED) is 0.852. The first-order valence-corrected chi connectivity index (χ1v) is 6.32. The third-order valence-corrected chi connectivity index (χ3v) is 2.95. The Balaban J connectivity index is 2.61. The standard InChI is InChI=1S/C14H21FN2O2/c1-10(2)17(3)14(18)9-19-13-5-4-11(6-7-16)8-12(13)15/h4-5,8,10H,6-7,9,16H2,1-3H3. The monoisotopic (exact) mass is 268 g/mol. The fraction of sp³-hybridized carbons (Fsp3) is 0.500. The van der Waals surface area contributed by atoms with Crippen molar-refractivity contribution in [2.24, 2.45) is 5.73 Å². The normalized spacial score (nSPS) is 10.6. The molecule has 0 aliphatic carbocycles. The van der Waals surface area contributed by atoms with E-state index in [4.69, 9.17) is 10.5 Å². The van der Waals surface area contributed by atoms with Crippen LogP contribution in [0.5, 0.6) is 5.75 Å². The van der Waals surface area contributed by atoms with Crippen molar-refractivity contribution in [2.75, 3.05) is 20.2 Å². The molecule has 0 aliphatic rings. The molecule has 1 amide bonds. The lowest BCUT2D eigenvalue weighted by Crippen LogP contribution is -2.36. The van der Waals surface area contributed by atoms with Crippen LogP contribution in [0, 0.1) is 5.82 Å². The molecule has 106 valence electrons. The maximum absolute atomic E-state index is 13.7. The number of halogens is 1. The van der Waals surface area contributed by atoms with Gasteiger partial charge in [-0.05, 0) is 44.5 Å². The number of likely N-dealkylation sites (N-methyl/N-ethyl adjacent to an activating group) is 1. The smallest absolute Gasteiger partial charge is 0.260 e. The van der Waals surface area contributed by atoms with Crippen LogP contribution in [0.4, 0.5) is 4.39 Å². The highest BCUT2D eigenvalue weighted by atomic mass is 19.1. The van der Waals surface area contributed by atoms with Gasteiger partial charge in [0, 0.05) is 13.1 Å². The van der Waals surface area contributed by atoms with E-state index in [0.29, 0.717) is 13.0 Å². The molecule has 0 atom stereocenters. The Morgan fingerprint density at radius 2 is 2.16 bits per heavy atom. The molecule has 0 aromatic heterocycles. The van der Waals surface area contributed by atoms with Gasteiger partial charge >= 0.3 is 0 Å². The average molecular weight is 268 g/mol. The number of amides is 1. The van der Waals surface area contributed by atoms with Crippen molar-refractivity contribution in [1.82, 2.24) is 4.90 Å². The molecule has 19 heavy (non-hydrogen) atoms. The Morgan fingerprint density at radius 1 is 1.47 bits per heavy atom. The second-order valence-electron chi connectivity index (χ2n) is 4.69. The molecule has 1 aromatic rings. The van der Waals surface area contributed by atoms with Gasteiger partial charge in [-0.25, -0.2) is 4.39 Å². The molecule has 0 radical (unpaired) electrons. The molecule has 0 bridgehead atoms.